The van der Waals surface area contributed by atoms with Gasteiger partial charge in [-0.05, 0) is 36.4 Å². The van der Waals surface area contributed by atoms with Gasteiger partial charge >= 0.3 is 12.0 Å². The van der Waals surface area contributed by atoms with E-state index in [0.29, 0.717) is 17.4 Å². The van der Waals surface area contributed by atoms with Crippen LogP contribution in [0.1, 0.15) is 0 Å². The second-order valence-electron chi connectivity index (χ2n) is 5.93. The summed E-state index contributed by atoms with van der Waals surface area (Å²) in [6.07, 6.45) is 0. The molecule has 0 saturated carbocycles. The lowest BCUT2D eigenvalue weighted by Crippen LogP contribution is -2.14. The van der Waals surface area contributed by atoms with Crippen LogP contribution >= 0.6 is 0 Å². The van der Waals surface area contributed by atoms with Gasteiger partial charge in [-0.15, -0.1) is 4.98 Å². The molecule has 0 unspecified atom stereocenters. The Bertz CT molecular complexity index is 968. The maximum atomic E-state index is 5.81. The highest BCUT2D eigenvalue weighted by atomic mass is 16.5. The molecule has 3 aromatic carbocycles. The molecule has 0 aliphatic carbocycles. The molecule has 0 saturated heterocycles. The van der Waals surface area contributed by atoms with E-state index in [-0.39, 0.29) is 12.0 Å². The smallest absolute Gasteiger partial charge is 0.330 e. The summed E-state index contributed by atoms with van der Waals surface area (Å²) in [5, 5.41) is 0. The zero-order chi connectivity index (χ0) is 19.2. The van der Waals surface area contributed by atoms with Crippen molar-refractivity contribution in [1.29, 1.82) is 0 Å². The Hall–Kier alpha value is -3.93. The number of hydrogen-bond donors (Lipinski definition) is 0. The van der Waals surface area contributed by atoms with Crippen molar-refractivity contribution < 1.29 is 9.47 Å². The van der Waals surface area contributed by atoms with Crippen LogP contribution in [0.5, 0.6) is 23.5 Å². The summed E-state index contributed by atoms with van der Waals surface area (Å²) >= 11 is 0. The van der Waals surface area contributed by atoms with Crippen LogP contribution in [0.3, 0.4) is 0 Å². The van der Waals surface area contributed by atoms with E-state index in [1.54, 1.807) is 0 Å². The third-order valence-corrected chi connectivity index (χ3v) is 3.93. The molecule has 4 aromatic rings. The fraction of sp³-hybridized carbons (Fsp3) is 0.0455. The van der Waals surface area contributed by atoms with Gasteiger partial charge in [0, 0.05) is 12.7 Å². The molecule has 1 heterocycles. The molecule has 0 fully saturated rings. The molecule has 4 rings (SSSR count). The summed E-state index contributed by atoms with van der Waals surface area (Å²) in [6, 6.07) is 28.8. The van der Waals surface area contributed by atoms with E-state index in [1.807, 2.05) is 103 Å². The molecule has 0 amide bonds. The van der Waals surface area contributed by atoms with Crippen LogP contribution in [-0.2, 0) is 0 Å². The summed E-state index contributed by atoms with van der Waals surface area (Å²) in [5.41, 5.74) is 0.935. The average Bonchev–Trinajstić information content (AvgIpc) is 2.75. The Morgan fingerprint density at radius 3 is 1.46 bits per heavy atom. The SMILES string of the molecule is CN(c1ccccc1)c1nc(Oc2ccccc2)nc(Oc2ccccc2)n1. The summed E-state index contributed by atoms with van der Waals surface area (Å²) in [5.74, 6) is 1.68. The molecular formula is C22H18N4O2. The number of anilines is 2. The van der Waals surface area contributed by atoms with Crippen molar-refractivity contribution in [2.75, 3.05) is 11.9 Å². The van der Waals surface area contributed by atoms with Crippen molar-refractivity contribution in [3.05, 3.63) is 91.0 Å². The number of aromatic nitrogens is 3. The minimum atomic E-state index is 0.157. The highest BCUT2D eigenvalue weighted by Crippen LogP contribution is 2.27. The van der Waals surface area contributed by atoms with Gasteiger partial charge in [-0.1, -0.05) is 54.6 Å². The Kier molecular flexibility index (Phi) is 5.11. The van der Waals surface area contributed by atoms with E-state index in [1.165, 1.54) is 0 Å². The first-order valence-corrected chi connectivity index (χ1v) is 8.78. The van der Waals surface area contributed by atoms with Gasteiger partial charge in [0.15, 0.2) is 0 Å². The zero-order valence-electron chi connectivity index (χ0n) is 15.3. The molecule has 0 N–H and O–H groups in total. The predicted molar refractivity (Wildman–Crippen MR) is 107 cm³/mol. The van der Waals surface area contributed by atoms with Crippen molar-refractivity contribution in [2.45, 2.75) is 0 Å². The van der Waals surface area contributed by atoms with E-state index in [0.717, 1.165) is 5.69 Å². The molecule has 0 bridgehead atoms. The van der Waals surface area contributed by atoms with Gasteiger partial charge in [0.05, 0.1) is 0 Å². The first kappa shape index (κ1) is 17.5. The maximum Gasteiger partial charge on any atom is 0.330 e. The molecule has 6 nitrogen and oxygen atoms in total. The van der Waals surface area contributed by atoms with Gasteiger partial charge < -0.3 is 14.4 Å². The van der Waals surface area contributed by atoms with Crippen LogP contribution < -0.4 is 14.4 Å². The summed E-state index contributed by atoms with van der Waals surface area (Å²) in [6.45, 7) is 0. The molecule has 28 heavy (non-hydrogen) atoms. The minimum absolute atomic E-state index is 0.157. The summed E-state index contributed by atoms with van der Waals surface area (Å²) in [7, 11) is 1.88. The maximum absolute atomic E-state index is 5.81. The topological polar surface area (TPSA) is 60.4 Å². The highest BCUT2D eigenvalue weighted by Gasteiger charge is 2.15. The molecule has 0 aliphatic rings. The third kappa shape index (κ3) is 4.24. The van der Waals surface area contributed by atoms with Crippen molar-refractivity contribution in [3.63, 3.8) is 0 Å². The Morgan fingerprint density at radius 2 is 1.00 bits per heavy atom. The number of para-hydroxylation sites is 3. The molecule has 138 valence electrons. The van der Waals surface area contributed by atoms with Gasteiger partial charge in [-0.25, -0.2) is 0 Å². The van der Waals surface area contributed by atoms with Crippen molar-refractivity contribution in [3.8, 4) is 23.5 Å². The van der Waals surface area contributed by atoms with Crippen LogP contribution in [-0.4, -0.2) is 22.0 Å². The number of ether oxygens (including phenoxy) is 2. The van der Waals surface area contributed by atoms with E-state index < -0.39 is 0 Å². The number of rotatable bonds is 6. The molecule has 0 radical (unpaired) electrons. The van der Waals surface area contributed by atoms with Gasteiger partial charge in [0.1, 0.15) is 11.5 Å². The molecule has 0 spiro atoms. The van der Waals surface area contributed by atoms with Gasteiger partial charge in [0.2, 0.25) is 5.95 Å². The molecule has 1 aromatic heterocycles. The Morgan fingerprint density at radius 1 is 0.571 bits per heavy atom. The first-order valence-electron chi connectivity index (χ1n) is 8.78. The van der Waals surface area contributed by atoms with Crippen LogP contribution in [0.25, 0.3) is 0 Å². The van der Waals surface area contributed by atoms with Crippen LogP contribution in [0.15, 0.2) is 91.0 Å². The van der Waals surface area contributed by atoms with E-state index in [2.05, 4.69) is 15.0 Å². The fourth-order valence-electron chi connectivity index (χ4n) is 2.52. The highest BCUT2D eigenvalue weighted by molar-refractivity contribution is 5.56. The lowest BCUT2D eigenvalue weighted by Gasteiger charge is -2.18. The fourth-order valence-corrected chi connectivity index (χ4v) is 2.52. The number of nitrogens with zero attached hydrogens (tertiary/aromatic N) is 4. The van der Waals surface area contributed by atoms with Gasteiger partial charge in [-0.2, -0.15) is 9.97 Å². The Balaban J connectivity index is 1.70. The third-order valence-electron chi connectivity index (χ3n) is 3.93. The van der Waals surface area contributed by atoms with Crippen molar-refractivity contribution >= 4 is 11.6 Å². The summed E-state index contributed by atoms with van der Waals surface area (Å²) in [4.78, 5) is 15.0. The number of hydrogen-bond acceptors (Lipinski definition) is 6. The van der Waals surface area contributed by atoms with E-state index in [9.17, 15) is 0 Å². The molecular weight excluding hydrogens is 352 g/mol. The quantitative estimate of drug-likeness (QED) is 0.463. The lowest BCUT2D eigenvalue weighted by atomic mass is 10.3. The van der Waals surface area contributed by atoms with E-state index in [4.69, 9.17) is 9.47 Å². The number of benzene rings is 3. The molecule has 6 heteroatoms. The standard InChI is InChI=1S/C22H18N4O2/c1-26(17-11-5-2-6-12-17)20-23-21(27-18-13-7-3-8-14-18)25-22(24-20)28-19-15-9-4-10-16-19/h2-16H,1H3. The Labute approximate surface area is 163 Å². The minimum Gasteiger partial charge on any atom is -0.424 e. The van der Waals surface area contributed by atoms with Crippen LogP contribution in [0, 0.1) is 0 Å². The van der Waals surface area contributed by atoms with Crippen molar-refractivity contribution in [1.82, 2.24) is 15.0 Å². The van der Waals surface area contributed by atoms with Gasteiger partial charge in [-0.3, -0.25) is 0 Å². The summed E-state index contributed by atoms with van der Waals surface area (Å²) < 4.78 is 11.6. The predicted octanol–water partition coefficient (Wildman–Crippen LogP) is 5.22. The first-order chi connectivity index (χ1) is 13.8. The molecule has 0 atom stereocenters. The normalized spacial score (nSPS) is 10.3. The van der Waals surface area contributed by atoms with Gasteiger partial charge in [0.25, 0.3) is 0 Å². The molecule has 0 aliphatic heterocycles. The van der Waals surface area contributed by atoms with Crippen molar-refractivity contribution in [2.24, 2.45) is 0 Å². The van der Waals surface area contributed by atoms with Crippen LogP contribution in [0.2, 0.25) is 0 Å². The second-order valence-corrected chi connectivity index (χ2v) is 5.93. The zero-order valence-corrected chi connectivity index (χ0v) is 15.3. The largest absolute Gasteiger partial charge is 0.424 e. The van der Waals surface area contributed by atoms with E-state index >= 15 is 0 Å². The monoisotopic (exact) mass is 370 g/mol. The van der Waals surface area contributed by atoms with Crippen LogP contribution in [0.4, 0.5) is 11.6 Å². The lowest BCUT2D eigenvalue weighted by molar-refractivity contribution is 0.398. The average molecular weight is 370 g/mol. The second kappa shape index (κ2) is 8.18.